The Kier molecular flexibility index (Phi) is 8.34. The van der Waals surface area contributed by atoms with Crippen molar-refractivity contribution in [3.05, 3.63) is 0 Å². The average molecular weight is 269 g/mol. The number of amides is 2. The molecule has 0 heterocycles. The van der Waals surface area contributed by atoms with Gasteiger partial charge in [-0.15, -0.1) is 0 Å². The smallest absolute Gasteiger partial charge is 0.317 e. The molecule has 0 aromatic carbocycles. The van der Waals surface area contributed by atoms with Crippen molar-refractivity contribution >= 4 is 12.0 Å². The van der Waals surface area contributed by atoms with E-state index in [1.54, 1.807) is 14.0 Å². The van der Waals surface area contributed by atoms with Crippen molar-refractivity contribution in [1.29, 1.82) is 5.26 Å². The van der Waals surface area contributed by atoms with Gasteiger partial charge in [-0.05, 0) is 25.7 Å². The second-order valence-corrected chi connectivity index (χ2v) is 4.97. The van der Waals surface area contributed by atoms with Gasteiger partial charge in [-0.3, -0.25) is 4.79 Å². The van der Waals surface area contributed by atoms with Crippen LogP contribution in [-0.2, 0) is 4.79 Å². The molecule has 0 fully saturated rings. The summed E-state index contributed by atoms with van der Waals surface area (Å²) in [7, 11) is 1.65. The van der Waals surface area contributed by atoms with Gasteiger partial charge in [0.2, 0.25) is 0 Å². The highest BCUT2D eigenvalue weighted by Gasteiger charge is 2.12. The van der Waals surface area contributed by atoms with Gasteiger partial charge < -0.3 is 15.3 Å². The second kappa shape index (κ2) is 9.20. The van der Waals surface area contributed by atoms with E-state index < -0.39 is 5.97 Å². The predicted molar refractivity (Wildman–Crippen MR) is 71.5 cm³/mol. The third kappa shape index (κ3) is 8.89. The Balaban J connectivity index is 3.79. The van der Waals surface area contributed by atoms with Crippen molar-refractivity contribution in [3.63, 3.8) is 0 Å². The van der Waals surface area contributed by atoms with Gasteiger partial charge in [0.1, 0.15) is 0 Å². The molecule has 0 aliphatic carbocycles. The lowest BCUT2D eigenvalue weighted by molar-refractivity contribution is -0.137. The molecule has 2 atom stereocenters. The Morgan fingerprint density at radius 1 is 1.37 bits per heavy atom. The highest BCUT2D eigenvalue weighted by molar-refractivity contribution is 5.73. The van der Waals surface area contributed by atoms with Gasteiger partial charge in [-0.1, -0.05) is 6.92 Å². The normalized spacial score (nSPS) is 13.2. The Morgan fingerprint density at radius 3 is 2.53 bits per heavy atom. The van der Waals surface area contributed by atoms with E-state index in [2.05, 4.69) is 11.4 Å². The highest BCUT2D eigenvalue weighted by atomic mass is 16.4. The summed E-state index contributed by atoms with van der Waals surface area (Å²) in [6.07, 6.45) is 1.53. The van der Waals surface area contributed by atoms with E-state index >= 15 is 0 Å². The predicted octanol–water partition coefficient (Wildman–Crippen LogP) is 1.68. The summed E-state index contributed by atoms with van der Waals surface area (Å²) in [6, 6.07) is 1.87. The first-order valence-electron chi connectivity index (χ1n) is 6.47. The van der Waals surface area contributed by atoms with Crippen LogP contribution in [0.3, 0.4) is 0 Å². The number of carboxylic acids is 1. The van der Waals surface area contributed by atoms with E-state index in [0.29, 0.717) is 19.5 Å². The molecular weight excluding hydrogens is 246 g/mol. The van der Waals surface area contributed by atoms with Crippen molar-refractivity contribution in [2.24, 2.45) is 11.8 Å². The zero-order valence-electron chi connectivity index (χ0n) is 11.8. The zero-order chi connectivity index (χ0) is 14.8. The van der Waals surface area contributed by atoms with E-state index in [4.69, 9.17) is 10.4 Å². The first kappa shape index (κ1) is 17.2. The van der Waals surface area contributed by atoms with Crippen LogP contribution in [0.1, 0.15) is 33.1 Å². The van der Waals surface area contributed by atoms with Crippen LogP contribution >= 0.6 is 0 Å². The van der Waals surface area contributed by atoms with Crippen molar-refractivity contribution in [3.8, 4) is 6.07 Å². The lowest BCUT2D eigenvalue weighted by atomic mass is 10.0. The number of urea groups is 1. The Morgan fingerprint density at radius 2 is 2.00 bits per heavy atom. The van der Waals surface area contributed by atoms with Crippen LogP contribution < -0.4 is 5.32 Å². The van der Waals surface area contributed by atoms with Gasteiger partial charge in [0.05, 0.1) is 12.0 Å². The molecule has 0 saturated heterocycles. The maximum atomic E-state index is 11.7. The van der Waals surface area contributed by atoms with Gasteiger partial charge >= 0.3 is 12.0 Å². The number of carbonyl (C=O) groups is 2. The minimum Gasteiger partial charge on any atom is -0.481 e. The van der Waals surface area contributed by atoms with Crippen LogP contribution in [0.5, 0.6) is 0 Å². The van der Waals surface area contributed by atoms with Crippen LogP contribution in [0.15, 0.2) is 0 Å². The molecule has 108 valence electrons. The summed E-state index contributed by atoms with van der Waals surface area (Å²) in [4.78, 5) is 23.5. The molecule has 0 rings (SSSR count). The number of hydrogen-bond donors (Lipinski definition) is 2. The molecule has 2 unspecified atom stereocenters. The molecule has 0 aromatic heterocycles. The molecule has 0 aliphatic heterocycles. The lowest BCUT2D eigenvalue weighted by Gasteiger charge is -2.19. The molecule has 0 spiro atoms. The number of carbonyl (C=O) groups excluding carboxylic acids is 1. The van der Waals surface area contributed by atoms with Gasteiger partial charge in [0, 0.05) is 26.6 Å². The number of nitrogens with one attached hydrogen (secondary N) is 1. The molecule has 0 aliphatic rings. The molecule has 0 aromatic rings. The monoisotopic (exact) mass is 269 g/mol. The van der Waals surface area contributed by atoms with Gasteiger partial charge in [-0.2, -0.15) is 5.26 Å². The fraction of sp³-hybridized carbons (Fsp3) is 0.769. The number of rotatable bonds is 8. The number of nitriles is 1. The van der Waals surface area contributed by atoms with Gasteiger partial charge in [-0.25, -0.2) is 4.79 Å². The minimum atomic E-state index is -0.791. The topological polar surface area (TPSA) is 93.4 Å². The van der Waals surface area contributed by atoms with Gasteiger partial charge in [0.15, 0.2) is 0 Å². The molecule has 0 bridgehead atoms. The van der Waals surface area contributed by atoms with E-state index in [1.165, 1.54) is 4.90 Å². The summed E-state index contributed by atoms with van der Waals surface area (Å²) >= 11 is 0. The first-order valence-corrected chi connectivity index (χ1v) is 6.47. The largest absolute Gasteiger partial charge is 0.481 e. The van der Waals surface area contributed by atoms with E-state index in [1.807, 2.05) is 6.92 Å². The van der Waals surface area contributed by atoms with Crippen LogP contribution in [0.4, 0.5) is 4.79 Å². The molecule has 2 amide bonds. The summed E-state index contributed by atoms with van der Waals surface area (Å²) in [5.74, 6) is -0.717. The molecule has 2 N–H and O–H groups in total. The summed E-state index contributed by atoms with van der Waals surface area (Å²) in [5, 5.41) is 20.0. The minimum absolute atomic E-state index is 0.161. The third-order valence-corrected chi connectivity index (χ3v) is 2.88. The first-order chi connectivity index (χ1) is 8.86. The molecular formula is C13H23N3O3. The molecule has 6 nitrogen and oxygen atoms in total. The Bertz CT molecular complexity index is 339. The number of carboxylic acid groups (broad SMARTS) is 1. The van der Waals surface area contributed by atoms with Crippen LogP contribution in [0, 0.1) is 23.2 Å². The van der Waals surface area contributed by atoms with E-state index in [-0.39, 0.29) is 24.3 Å². The zero-order valence-corrected chi connectivity index (χ0v) is 11.8. The quantitative estimate of drug-likeness (QED) is 0.701. The third-order valence-electron chi connectivity index (χ3n) is 2.88. The summed E-state index contributed by atoms with van der Waals surface area (Å²) < 4.78 is 0. The average Bonchev–Trinajstić information content (AvgIpc) is 2.35. The molecule has 0 radical (unpaired) electrons. The van der Waals surface area contributed by atoms with Crippen molar-refractivity contribution in [2.45, 2.75) is 33.1 Å². The number of hydrogen-bond acceptors (Lipinski definition) is 3. The lowest BCUT2D eigenvalue weighted by Crippen LogP contribution is -2.40. The Labute approximate surface area is 114 Å². The summed E-state index contributed by atoms with van der Waals surface area (Å²) in [6.45, 7) is 4.65. The van der Waals surface area contributed by atoms with Crippen molar-refractivity contribution < 1.29 is 14.7 Å². The molecule has 19 heavy (non-hydrogen) atoms. The van der Waals surface area contributed by atoms with E-state index in [0.717, 1.165) is 6.42 Å². The van der Waals surface area contributed by atoms with Crippen LogP contribution in [-0.4, -0.2) is 42.1 Å². The van der Waals surface area contributed by atoms with Gasteiger partial charge in [0.25, 0.3) is 0 Å². The number of aliphatic carboxylic acids is 1. The van der Waals surface area contributed by atoms with Crippen LogP contribution in [0.25, 0.3) is 0 Å². The molecule has 6 heteroatoms. The highest BCUT2D eigenvalue weighted by Crippen LogP contribution is 2.09. The van der Waals surface area contributed by atoms with Crippen molar-refractivity contribution in [2.75, 3.05) is 20.1 Å². The molecule has 0 saturated carbocycles. The number of nitrogens with zero attached hydrogens (tertiary/aromatic N) is 2. The van der Waals surface area contributed by atoms with Crippen molar-refractivity contribution in [1.82, 2.24) is 10.2 Å². The summed E-state index contributed by atoms with van der Waals surface area (Å²) in [5.41, 5.74) is 0. The van der Waals surface area contributed by atoms with E-state index in [9.17, 15) is 9.59 Å². The Hall–Kier alpha value is -1.77. The fourth-order valence-electron chi connectivity index (χ4n) is 1.61. The standard InChI is InChI=1S/C13H23N3O3/c1-10(4-5-12(17)18)6-7-15-13(19)16(3)9-11(2)8-14/h10-11H,4-7,9H2,1-3H3,(H,15,19)(H,17,18). The fourth-order valence-corrected chi connectivity index (χ4v) is 1.61. The maximum absolute atomic E-state index is 11.7. The SMILES string of the molecule is CC(C#N)CN(C)C(=O)NCCC(C)CCC(=O)O. The second-order valence-electron chi connectivity index (χ2n) is 4.97. The van der Waals surface area contributed by atoms with Crippen LogP contribution in [0.2, 0.25) is 0 Å². The maximum Gasteiger partial charge on any atom is 0.317 e.